The van der Waals surface area contributed by atoms with Crippen LogP contribution in [0.3, 0.4) is 0 Å². The number of methoxy groups -OCH3 is 2. The zero-order valence-corrected chi connectivity index (χ0v) is 24.3. The molecule has 0 amide bonds. The molecule has 0 unspecified atom stereocenters. The van der Waals surface area contributed by atoms with Crippen molar-refractivity contribution in [1.82, 2.24) is 5.32 Å². The maximum atomic E-state index is 14.2. The van der Waals surface area contributed by atoms with Crippen LogP contribution in [0.5, 0.6) is 11.5 Å². The van der Waals surface area contributed by atoms with E-state index in [1.807, 2.05) is 32.0 Å². The van der Waals surface area contributed by atoms with Crippen LogP contribution in [0.1, 0.15) is 56.6 Å². The van der Waals surface area contributed by atoms with Crippen molar-refractivity contribution in [2.75, 3.05) is 27.4 Å². The molecule has 0 radical (unpaired) electrons. The third kappa shape index (κ3) is 6.20. The Morgan fingerprint density at radius 3 is 2.44 bits per heavy atom. The fraction of sp³-hybridized carbons (Fsp3) is 0.400. The van der Waals surface area contributed by atoms with Crippen LogP contribution < -0.4 is 14.8 Å². The van der Waals surface area contributed by atoms with E-state index in [-0.39, 0.29) is 41.9 Å². The molecule has 0 aromatic heterocycles. The van der Waals surface area contributed by atoms with Gasteiger partial charge >= 0.3 is 5.97 Å². The van der Waals surface area contributed by atoms with Gasteiger partial charge in [-0.3, -0.25) is 4.79 Å². The number of carbonyl (C=O) groups is 2. The Balaban J connectivity index is 1.71. The van der Waals surface area contributed by atoms with Crippen LogP contribution in [0.15, 0.2) is 63.4 Å². The molecule has 2 aromatic rings. The number of halogens is 2. The van der Waals surface area contributed by atoms with E-state index < -0.39 is 17.7 Å². The lowest BCUT2D eigenvalue weighted by atomic mass is 9.71. The number of allylic oxidation sites excluding steroid dienone is 3. The molecule has 208 valence electrons. The average Bonchev–Trinajstić information content (AvgIpc) is 2.91. The number of carbonyl (C=O) groups excluding carboxylic acids is 2. The molecule has 4 rings (SSSR count). The number of hydrogen-bond donors (Lipinski definition) is 1. The smallest absolute Gasteiger partial charge is 0.336 e. The maximum Gasteiger partial charge on any atom is 0.336 e. The lowest BCUT2D eigenvalue weighted by molar-refractivity contribution is -0.141. The summed E-state index contributed by atoms with van der Waals surface area (Å²) in [5.74, 6) is -0.651. The molecule has 2 atom stereocenters. The van der Waals surface area contributed by atoms with E-state index in [2.05, 4.69) is 21.2 Å². The van der Waals surface area contributed by atoms with Crippen molar-refractivity contribution in [1.29, 1.82) is 0 Å². The quantitative estimate of drug-likeness (QED) is 0.281. The largest absolute Gasteiger partial charge is 0.493 e. The summed E-state index contributed by atoms with van der Waals surface area (Å²) in [4.78, 5) is 27.2. The number of hydrogen-bond acceptors (Lipinski definition) is 7. The summed E-state index contributed by atoms with van der Waals surface area (Å²) in [6.07, 6.45) is 0.812. The lowest BCUT2D eigenvalue weighted by Crippen LogP contribution is -2.36. The Labute approximate surface area is 236 Å². The molecule has 0 fully saturated rings. The van der Waals surface area contributed by atoms with E-state index in [1.165, 1.54) is 6.07 Å². The molecular formula is C30H33BrFNO6. The fourth-order valence-corrected chi connectivity index (χ4v) is 5.57. The van der Waals surface area contributed by atoms with Crippen LogP contribution in [-0.4, -0.2) is 45.3 Å². The minimum absolute atomic E-state index is 0.0107. The molecule has 1 N–H and O–H groups in total. The van der Waals surface area contributed by atoms with Gasteiger partial charge in [-0.2, -0.15) is 0 Å². The van der Waals surface area contributed by atoms with Gasteiger partial charge in [0.15, 0.2) is 17.3 Å². The number of Topliss-reactive ketones (excluding diaryl/α,β-unsaturated/α-hetero) is 1. The number of benzene rings is 2. The van der Waals surface area contributed by atoms with Crippen LogP contribution in [-0.2, 0) is 19.1 Å². The Hall–Kier alpha value is -3.17. The number of ketones is 1. The highest BCUT2D eigenvalue weighted by atomic mass is 79.9. The van der Waals surface area contributed by atoms with E-state index in [9.17, 15) is 14.0 Å². The first-order valence-corrected chi connectivity index (χ1v) is 13.6. The summed E-state index contributed by atoms with van der Waals surface area (Å²) >= 11 is 3.26. The van der Waals surface area contributed by atoms with Crippen LogP contribution in [0.2, 0.25) is 0 Å². The van der Waals surface area contributed by atoms with Crippen LogP contribution in [0.25, 0.3) is 0 Å². The van der Waals surface area contributed by atoms with E-state index in [1.54, 1.807) is 33.3 Å². The van der Waals surface area contributed by atoms with Crippen molar-refractivity contribution < 1.29 is 32.9 Å². The highest BCUT2D eigenvalue weighted by Crippen LogP contribution is 2.47. The number of ether oxygens (including phenoxy) is 4. The van der Waals surface area contributed by atoms with E-state index >= 15 is 0 Å². The average molecular weight is 602 g/mol. The summed E-state index contributed by atoms with van der Waals surface area (Å²) in [5, 5.41) is 3.33. The normalized spacial score (nSPS) is 19.1. The summed E-state index contributed by atoms with van der Waals surface area (Å²) in [6, 6.07) is 10.2. The summed E-state index contributed by atoms with van der Waals surface area (Å²) in [5.41, 5.74) is 3.74. The third-order valence-corrected chi connectivity index (χ3v) is 7.58. The second-order valence-corrected chi connectivity index (χ2v) is 10.7. The van der Waals surface area contributed by atoms with Crippen molar-refractivity contribution in [3.05, 3.63) is 80.4 Å². The molecule has 7 nitrogen and oxygen atoms in total. The number of esters is 1. The highest BCUT2D eigenvalue weighted by Gasteiger charge is 2.41. The monoisotopic (exact) mass is 601 g/mol. The molecule has 2 aliphatic rings. The molecular weight excluding hydrogens is 569 g/mol. The summed E-state index contributed by atoms with van der Waals surface area (Å²) in [6.45, 7) is 5.94. The van der Waals surface area contributed by atoms with E-state index in [0.717, 1.165) is 11.3 Å². The maximum absolute atomic E-state index is 14.2. The van der Waals surface area contributed by atoms with Crippen molar-refractivity contribution in [2.45, 2.75) is 51.6 Å². The SMILES string of the molecule is COc1ccc([C@H]2CC(=O)C3=C(C2)NC(C)=C(C(=O)OCCOC(C)C)[C@H]3c2ccc(F)c(Br)c2)cc1OC. The summed E-state index contributed by atoms with van der Waals surface area (Å²) in [7, 11) is 3.15. The molecule has 2 aromatic carbocycles. The second kappa shape index (κ2) is 12.3. The van der Waals surface area contributed by atoms with Gasteiger partial charge in [0, 0.05) is 29.3 Å². The topological polar surface area (TPSA) is 83.1 Å². The van der Waals surface area contributed by atoms with Crippen molar-refractivity contribution in [2.24, 2.45) is 0 Å². The lowest BCUT2D eigenvalue weighted by Gasteiger charge is -2.37. The van der Waals surface area contributed by atoms with Crippen LogP contribution >= 0.6 is 15.9 Å². The molecule has 1 aliphatic carbocycles. The van der Waals surface area contributed by atoms with Crippen molar-refractivity contribution in [3.8, 4) is 11.5 Å². The molecule has 39 heavy (non-hydrogen) atoms. The zero-order valence-electron chi connectivity index (χ0n) is 22.7. The number of rotatable bonds is 9. The first kappa shape index (κ1) is 28.8. The molecule has 0 spiro atoms. The molecule has 0 bridgehead atoms. The van der Waals surface area contributed by atoms with Crippen molar-refractivity contribution in [3.63, 3.8) is 0 Å². The van der Waals surface area contributed by atoms with Gasteiger partial charge in [0.05, 0.1) is 37.0 Å². The third-order valence-electron chi connectivity index (χ3n) is 6.97. The van der Waals surface area contributed by atoms with Crippen LogP contribution in [0, 0.1) is 5.82 Å². The van der Waals surface area contributed by atoms with Crippen LogP contribution in [0.4, 0.5) is 4.39 Å². The second-order valence-electron chi connectivity index (χ2n) is 9.86. The standard InChI is InChI=1S/C30H33BrFNO6/c1-16(2)38-10-11-39-30(35)27-17(3)33-23-13-20(18-7-9-25(36-4)26(15-18)37-5)14-24(34)29(23)28(27)19-6-8-22(32)21(31)12-19/h6-9,12,15-16,20,28,33H,10-11,13-14H2,1-5H3/t20-,28-/m1/s1. The number of nitrogens with one attached hydrogen (secondary N) is 1. The zero-order chi connectivity index (χ0) is 28.3. The minimum Gasteiger partial charge on any atom is -0.493 e. The van der Waals surface area contributed by atoms with Gasteiger partial charge in [-0.15, -0.1) is 0 Å². The molecule has 9 heteroatoms. The van der Waals surface area contributed by atoms with Gasteiger partial charge in [0.25, 0.3) is 0 Å². The first-order chi connectivity index (χ1) is 18.6. The molecule has 0 saturated heterocycles. The Morgan fingerprint density at radius 1 is 1.05 bits per heavy atom. The summed E-state index contributed by atoms with van der Waals surface area (Å²) < 4.78 is 36.3. The van der Waals surface area contributed by atoms with Gasteiger partial charge < -0.3 is 24.3 Å². The first-order valence-electron chi connectivity index (χ1n) is 12.8. The fourth-order valence-electron chi connectivity index (χ4n) is 5.17. The number of dihydropyridines is 1. The Bertz CT molecular complexity index is 1330. The van der Waals surface area contributed by atoms with Gasteiger partial charge in [0.2, 0.25) is 0 Å². The van der Waals surface area contributed by atoms with Gasteiger partial charge in [-0.05, 0) is 84.4 Å². The highest BCUT2D eigenvalue weighted by molar-refractivity contribution is 9.10. The van der Waals surface area contributed by atoms with Gasteiger partial charge in [-0.1, -0.05) is 12.1 Å². The molecule has 1 aliphatic heterocycles. The van der Waals surface area contributed by atoms with Gasteiger partial charge in [-0.25, -0.2) is 9.18 Å². The van der Waals surface area contributed by atoms with Crippen molar-refractivity contribution >= 4 is 27.7 Å². The minimum atomic E-state index is -0.699. The molecule has 0 saturated carbocycles. The Morgan fingerprint density at radius 2 is 1.77 bits per heavy atom. The predicted octanol–water partition coefficient (Wildman–Crippen LogP) is 5.94. The van der Waals surface area contributed by atoms with Gasteiger partial charge in [0.1, 0.15) is 12.4 Å². The van der Waals surface area contributed by atoms with E-state index in [0.29, 0.717) is 40.3 Å². The van der Waals surface area contributed by atoms with E-state index in [4.69, 9.17) is 18.9 Å². The molecule has 1 heterocycles. The Kier molecular flexibility index (Phi) is 9.12. The predicted molar refractivity (Wildman–Crippen MR) is 148 cm³/mol.